The first-order valence-corrected chi connectivity index (χ1v) is 8.07. The van der Waals surface area contributed by atoms with Gasteiger partial charge in [-0.3, -0.25) is 9.59 Å². The van der Waals surface area contributed by atoms with Crippen LogP contribution in [0.3, 0.4) is 0 Å². The van der Waals surface area contributed by atoms with Crippen LogP contribution in [0.5, 0.6) is 0 Å². The van der Waals surface area contributed by atoms with Gasteiger partial charge in [0.15, 0.2) is 0 Å². The fourth-order valence-corrected chi connectivity index (χ4v) is 2.58. The van der Waals surface area contributed by atoms with E-state index < -0.39 is 11.9 Å². The number of rotatable bonds is 7. The van der Waals surface area contributed by atoms with E-state index in [-0.39, 0.29) is 5.91 Å². The molecule has 0 aliphatic carbocycles. The van der Waals surface area contributed by atoms with Crippen molar-refractivity contribution >= 4 is 17.5 Å². The summed E-state index contributed by atoms with van der Waals surface area (Å²) in [7, 11) is 0. The molecule has 2 rings (SSSR count). The van der Waals surface area contributed by atoms with Gasteiger partial charge in [-0.05, 0) is 37.6 Å². The number of amides is 2. The summed E-state index contributed by atoms with van der Waals surface area (Å²) in [6.45, 7) is 5.19. The molecule has 0 aliphatic heterocycles. The lowest BCUT2D eigenvalue weighted by Gasteiger charge is -2.27. The van der Waals surface area contributed by atoms with E-state index in [4.69, 9.17) is 5.73 Å². The molecule has 2 aromatic carbocycles. The molecule has 2 amide bonds. The van der Waals surface area contributed by atoms with Gasteiger partial charge in [-0.2, -0.15) is 0 Å². The molecule has 3 N–H and O–H groups in total. The van der Waals surface area contributed by atoms with Crippen molar-refractivity contribution < 1.29 is 9.59 Å². The van der Waals surface area contributed by atoms with Gasteiger partial charge in [-0.25, -0.2) is 0 Å². The standard InChI is InChI=1S/C19H23N3O2/c1-3-22(4-2)19(24)17(14-9-6-5-7-10-14)21-16-12-8-11-15(13-16)18(20)23/h5-13,17,21H,3-4H2,1-2H3,(H2,20,23)/t17-/m1/s1. The quantitative estimate of drug-likeness (QED) is 0.822. The maximum absolute atomic E-state index is 12.9. The Kier molecular flexibility index (Phi) is 5.95. The zero-order valence-corrected chi connectivity index (χ0v) is 14.0. The molecular formula is C19H23N3O2. The van der Waals surface area contributed by atoms with Crippen LogP contribution in [-0.2, 0) is 4.79 Å². The van der Waals surface area contributed by atoms with Crippen LogP contribution in [0, 0.1) is 0 Å². The van der Waals surface area contributed by atoms with E-state index in [1.807, 2.05) is 50.2 Å². The number of carbonyl (C=O) groups is 2. The average Bonchev–Trinajstić information content (AvgIpc) is 2.61. The molecule has 5 nitrogen and oxygen atoms in total. The zero-order chi connectivity index (χ0) is 17.5. The fraction of sp³-hybridized carbons (Fsp3) is 0.263. The van der Waals surface area contributed by atoms with Crippen LogP contribution < -0.4 is 11.1 Å². The van der Waals surface area contributed by atoms with E-state index in [0.717, 1.165) is 5.56 Å². The molecule has 24 heavy (non-hydrogen) atoms. The van der Waals surface area contributed by atoms with E-state index in [1.165, 1.54) is 0 Å². The van der Waals surface area contributed by atoms with Crippen molar-refractivity contribution in [3.63, 3.8) is 0 Å². The van der Waals surface area contributed by atoms with Crippen molar-refractivity contribution in [2.24, 2.45) is 5.73 Å². The molecule has 5 heteroatoms. The van der Waals surface area contributed by atoms with Crippen molar-refractivity contribution in [3.8, 4) is 0 Å². The molecule has 0 bridgehead atoms. The number of hydrogen-bond acceptors (Lipinski definition) is 3. The van der Waals surface area contributed by atoms with Crippen molar-refractivity contribution in [1.82, 2.24) is 4.90 Å². The highest BCUT2D eigenvalue weighted by Gasteiger charge is 2.24. The number of hydrogen-bond donors (Lipinski definition) is 2. The van der Waals surface area contributed by atoms with Gasteiger partial charge >= 0.3 is 0 Å². The molecule has 0 saturated carbocycles. The minimum absolute atomic E-state index is 0.00400. The number of nitrogens with two attached hydrogens (primary N) is 1. The Morgan fingerprint density at radius 1 is 1.04 bits per heavy atom. The molecule has 1 atom stereocenters. The summed E-state index contributed by atoms with van der Waals surface area (Å²) < 4.78 is 0. The van der Waals surface area contributed by atoms with Gasteiger partial charge in [0.25, 0.3) is 0 Å². The number of anilines is 1. The van der Waals surface area contributed by atoms with Gasteiger partial charge < -0.3 is 16.0 Å². The SMILES string of the molecule is CCN(CC)C(=O)[C@H](Nc1cccc(C(N)=O)c1)c1ccccc1. The average molecular weight is 325 g/mol. The van der Waals surface area contributed by atoms with E-state index in [2.05, 4.69) is 5.32 Å². The first kappa shape index (κ1) is 17.5. The first-order chi connectivity index (χ1) is 11.6. The monoisotopic (exact) mass is 325 g/mol. The van der Waals surface area contributed by atoms with Crippen LogP contribution >= 0.6 is 0 Å². The second kappa shape index (κ2) is 8.15. The van der Waals surface area contributed by atoms with Gasteiger partial charge in [0, 0.05) is 24.3 Å². The lowest BCUT2D eigenvalue weighted by molar-refractivity contribution is -0.131. The van der Waals surface area contributed by atoms with E-state index in [0.29, 0.717) is 24.3 Å². The fourth-order valence-electron chi connectivity index (χ4n) is 2.58. The summed E-state index contributed by atoms with van der Waals surface area (Å²) >= 11 is 0. The number of benzene rings is 2. The molecule has 0 unspecified atom stereocenters. The normalized spacial score (nSPS) is 11.6. The highest BCUT2D eigenvalue weighted by Crippen LogP contribution is 2.22. The summed E-state index contributed by atoms with van der Waals surface area (Å²) in [5.41, 5.74) is 7.29. The number of nitrogens with zero attached hydrogens (tertiary/aromatic N) is 1. The lowest BCUT2D eigenvalue weighted by Crippen LogP contribution is -2.37. The van der Waals surface area contributed by atoms with Gasteiger partial charge in [0.05, 0.1) is 0 Å². The predicted octanol–water partition coefficient (Wildman–Crippen LogP) is 2.81. The second-order valence-electron chi connectivity index (χ2n) is 5.44. The summed E-state index contributed by atoms with van der Waals surface area (Å²) in [6, 6.07) is 15.9. The molecule has 0 spiro atoms. The minimum atomic E-state index is -0.519. The Balaban J connectivity index is 2.34. The van der Waals surface area contributed by atoms with Crippen LogP contribution in [0.25, 0.3) is 0 Å². The van der Waals surface area contributed by atoms with Gasteiger partial charge in [0.2, 0.25) is 11.8 Å². The number of nitrogens with one attached hydrogen (secondary N) is 1. The van der Waals surface area contributed by atoms with Crippen molar-refractivity contribution in [1.29, 1.82) is 0 Å². The molecule has 2 aromatic rings. The second-order valence-corrected chi connectivity index (χ2v) is 5.44. The van der Waals surface area contributed by atoms with Crippen LogP contribution in [0.15, 0.2) is 54.6 Å². The summed E-state index contributed by atoms with van der Waals surface area (Å²) in [5.74, 6) is -0.499. The Morgan fingerprint density at radius 2 is 1.71 bits per heavy atom. The molecule has 0 radical (unpaired) electrons. The van der Waals surface area contributed by atoms with Crippen LogP contribution in [0.1, 0.15) is 35.8 Å². The number of carbonyl (C=O) groups excluding carboxylic acids is 2. The summed E-state index contributed by atoms with van der Waals surface area (Å²) in [6.07, 6.45) is 0. The molecule has 0 aliphatic rings. The summed E-state index contributed by atoms with van der Waals surface area (Å²) in [4.78, 5) is 26.0. The van der Waals surface area contributed by atoms with Crippen LogP contribution in [-0.4, -0.2) is 29.8 Å². The van der Waals surface area contributed by atoms with Gasteiger partial charge in [-0.1, -0.05) is 36.4 Å². The van der Waals surface area contributed by atoms with E-state index >= 15 is 0 Å². The molecule has 126 valence electrons. The highest BCUT2D eigenvalue weighted by molar-refractivity contribution is 5.94. The first-order valence-electron chi connectivity index (χ1n) is 8.07. The smallest absolute Gasteiger partial charge is 0.249 e. The lowest BCUT2D eigenvalue weighted by atomic mass is 10.0. The van der Waals surface area contributed by atoms with Crippen LogP contribution in [0.4, 0.5) is 5.69 Å². The largest absolute Gasteiger partial charge is 0.370 e. The van der Waals surface area contributed by atoms with Crippen molar-refractivity contribution in [3.05, 3.63) is 65.7 Å². The van der Waals surface area contributed by atoms with E-state index in [9.17, 15) is 9.59 Å². The number of primary amides is 1. The van der Waals surface area contributed by atoms with E-state index in [1.54, 1.807) is 23.1 Å². The Hall–Kier alpha value is -2.82. The van der Waals surface area contributed by atoms with Crippen molar-refractivity contribution in [2.45, 2.75) is 19.9 Å². The van der Waals surface area contributed by atoms with Crippen LogP contribution in [0.2, 0.25) is 0 Å². The molecular weight excluding hydrogens is 302 g/mol. The highest BCUT2D eigenvalue weighted by atomic mass is 16.2. The summed E-state index contributed by atoms with van der Waals surface area (Å²) in [5, 5.41) is 3.24. The molecule has 0 saturated heterocycles. The molecule has 0 fully saturated rings. The minimum Gasteiger partial charge on any atom is -0.370 e. The third-order valence-electron chi connectivity index (χ3n) is 3.91. The zero-order valence-electron chi connectivity index (χ0n) is 14.0. The van der Waals surface area contributed by atoms with Gasteiger partial charge in [0.1, 0.15) is 6.04 Å². The Bertz CT molecular complexity index is 697. The Labute approximate surface area is 142 Å². The maximum atomic E-state index is 12.9. The topological polar surface area (TPSA) is 75.4 Å². The third kappa shape index (κ3) is 4.13. The molecule has 0 heterocycles. The maximum Gasteiger partial charge on any atom is 0.249 e. The molecule has 0 aromatic heterocycles. The van der Waals surface area contributed by atoms with Gasteiger partial charge in [-0.15, -0.1) is 0 Å². The number of likely N-dealkylation sites (N-methyl/N-ethyl adjacent to an activating group) is 1. The van der Waals surface area contributed by atoms with Crippen molar-refractivity contribution in [2.75, 3.05) is 18.4 Å². The Morgan fingerprint density at radius 3 is 2.29 bits per heavy atom. The predicted molar refractivity (Wildman–Crippen MR) is 95.7 cm³/mol. The third-order valence-corrected chi connectivity index (χ3v) is 3.91.